The van der Waals surface area contributed by atoms with Crippen LogP contribution in [0.5, 0.6) is 0 Å². The minimum atomic E-state index is -0.229. The maximum atomic E-state index is 11.8. The fourth-order valence-corrected chi connectivity index (χ4v) is 3.22. The van der Waals surface area contributed by atoms with Gasteiger partial charge in [0.25, 0.3) is 5.91 Å². The summed E-state index contributed by atoms with van der Waals surface area (Å²) in [7, 11) is 0. The summed E-state index contributed by atoms with van der Waals surface area (Å²) < 4.78 is 7.71. The van der Waals surface area contributed by atoms with Gasteiger partial charge < -0.3 is 16.0 Å². The minimum absolute atomic E-state index is 0.0792. The van der Waals surface area contributed by atoms with Gasteiger partial charge in [0, 0.05) is 25.3 Å². The van der Waals surface area contributed by atoms with Gasteiger partial charge in [0.2, 0.25) is 5.91 Å². The number of piperidine rings is 1. The van der Waals surface area contributed by atoms with Gasteiger partial charge in [-0.2, -0.15) is 8.75 Å². The standard InChI is InChI=1S/C16H19N5O2S/c17-15(22)12-2-1-7-21(10-12)13-5-3-11(4-6-13)8-18-16(23)14-9-19-24-20-14/h3-6,9,12H,1-2,7-8,10H2,(H2,17,22)(H,18,23)/t12-/m1/s1. The predicted octanol–water partition coefficient (Wildman–Crippen LogP) is 1.17. The minimum Gasteiger partial charge on any atom is -0.371 e. The number of anilines is 1. The van der Waals surface area contributed by atoms with Crippen LogP contribution < -0.4 is 16.0 Å². The number of carbonyl (C=O) groups excluding carboxylic acids is 2. The molecule has 1 aliphatic rings. The number of aromatic nitrogens is 2. The number of hydrogen-bond acceptors (Lipinski definition) is 6. The van der Waals surface area contributed by atoms with Gasteiger partial charge in [0.05, 0.1) is 23.8 Å². The molecule has 2 amide bonds. The summed E-state index contributed by atoms with van der Waals surface area (Å²) in [4.78, 5) is 25.4. The van der Waals surface area contributed by atoms with Crippen molar-refractivity contribution in [3.05, 3.63) is 41.7 Å². The van der Waals surface area contributed by atoms with Gasteiger partial charge in [-0.05, 0) is 30.5 Å². The van der Waals surface area contributed by atoms with E-state index in [1.165, 1.54) is 6.20 Å². The molecule has 1 atom stereocenters. The Morgan fingerprint density at radius 1 is 1.33 bits per heavy atom. The number of benzene rings is 1. The molecule has 1 fully saturated rings. The lowest BCUT2D eigenvalue weighted by molar-refractivity contribution is -0.122. The average molecular weight is 345 g/mol. The molecule has 1 aliphatic heterocycles. The second-order valence-corrected chi connectivity index (χ2v) is 6.39. The molecule has 3 rings (SSSR count). The third kappa shape index (κ3) is 3.88. The van der Waals surface area contributed by atoms with E-state index in [2.05, 4.69) is 19.0 Å². The zero-order valence-electron chi connectivity index (χ0n) is 13.1. The molecule has 1 saturated heterocycles. The summed E-state index contributed by atoms with van der Waals surface area (Å²) in [6.07, 6.45) is 3.28. The third-order valence-corrected chi connectivity index (χ3v) is 4.65. The Morgan fingerprint density at radius 3 is 2.79 bits per heavy atom. The maximum Gasteiger partial charge on any atom is 0.272 e. The molecule has 2 heterocycles. The van der Waals surface area contributed by atoms with Gasteiger partial charge >= 0.3 is 0 Å². The Kier molecular flexibility index (Phi) is 5.05. The van der Waals surface area contributed by atoms with Gasteiger partial charge in [0.1, 0.15) is 0 Å². The van der Waals surface area contributed by atoms with Crippen LogP contribution in [0.3, 0.4) is 0 Å². The quantitative estimate of drug-likeness (QED) is 0.847. The van der Waals surface area contributed by atoms with Crippen molar-refractivity contribution in [1.82, 2.24) is 14.1 Å². The van der Waals surface area contributed by atoms with Gasteiger partial charge in [0.15, 0.2) is 5.69 Å². The van der Waals surface area contributed by atoms with Gasteiger partial charge in [-0.15, -0.1) is 0 Å². The Bertz CT molecular complexity index is 702. The van der Waals surface area contributed by atoms with E-state index in [4.69, 9.17) is 5.73 Å². The maximum absolute atomic E-state index is 11.8. The molecule has 7 nitrogen and oxygen atoms in total. The number of rotatable bonds is 5. The molecular weight excluding hydrogens is 326 g/mol. The van der Waals surface area contributed by atoms with E-state index in [0.717, 1.165) is 42.4 Å². The van der Waals surface area contributed by atoms with Crippen LogP contribution in [-0.4, -0.2) is 33.7 Å². The molecule has 3 N–H and O–H groups in total. The van der Waals surface area contributed by atoms with Crippen molar-refractivity contribution in [1.29, 1.82) is 0 Å². The molecule has 0 aliphatic carbocycles. The van der Waals surface area contributed by atoms with Crippen LogP contribution >= 0.6 is 11.7 Å². The molecule has 1 aromatic heterocycles. The summed E-state index contributed by atoms with van der Waals surface area (Å²) in [6.45, 7) is 2.03. The summed E-state index contributed by atoms with van der Waals surface area (Å²) in [5.74, 6) is -0.534. The van der Waals surface area contributed by atoms with Crippen LogP contribution in [0.1, 0.15) is 28.9 Å². The fraction of sp³-hybridized carbons (Fsp3) is 0.375. The molecule has 0 spiro atoms. The first kappa shape index (κ1) is 16.4. The second-order valence-electron chi connectivity index (χ2n) is 5.83. The molecule has 0 radical (unpaired) electrons. The third-order valence-electron chi connectivity index (χ3n) is 4.17. The van der Waals surface area contributed by atoms with Gasteiger partial charge in [-0.25, -0.2) is 0 Å². The van der Waals surface area contributed by atoms with E-state index in [0.29, 0.717) is 18.8 Å². The highest BCUT2D eigenvalue weighted by Crippen LogP contribution is 2.23. The number of hydrogen-bond donors (Lipinski definition) is 2. The summed E-state index contributed by atoms with van der Waals surface area (Å²) >= 11 is 1.01. The molecule has 126 valence electrons. The summed E-state index contributed by atoms with van der Waals surface area (Å²) in [6, 6.07) is 7.97. The lowest BCUT2D eigenvalue weighted by Gasteiger charge is -2.33. The number of amides is 2. The molecule has 2 aromatic rings. The van der Waals surface area contributed by atoms with Crippen molar-refractivity contribution in [3.63, 3.8) is 0 Å². The Morgan fingerprint density at radius 2 is 2.12 bits per heavy atom. The van der Waals surface area contributed by atoms with E-state index < -0.39 is 0 Å². The number of carbonyl (C=O) groups is 2. The average Bonchev–Trinajstić information content (AvgIpc) is 3.15. The number of nitrogens with zero attached hydrogens (tertiary/aromatic N) is 3. The number of primary amides is 1. The Hall–Kier alpha value is -2.48. The van der Waals surface area contributed by atoms with Crippen LogP contribution in [0.4, 0.5) is 5.69 Å². The van der Waals surface area contributed by atoms with Crippen LogP contribution in [0.25, 0.3) is 0 Å². The topological polar surface area (TPSA) is 101 Å². The van der Waals surface area contributed by atoms with Crippen LogP contribution in [0.15, 0.2) is 30.5 Å². The Balaban J connectivity index is 1.57. The number of nitrogens with one attached hydrogen (secondary N) is 1. The summed E-state index contributed by atoms with van der Waals surface area (Å²) in [5, 5.41) is 2.81. The van der Waals surface area contributed by atoms with Crippen LogP contribution in [-0.2, 0) is 11.3 Å². The lowest BCUT2D eigenvalue weighted by Crippen LogP contribution is -2.41. The van der Waals surface area contributed by atoms with E-state index >= 15 is 0 Å². The molecule has 0 saturated carbocycles. The molecule has 1 aromatic carbocycles. The van der Waals surface area contributed by atoms with Crippen molar-refractivity contribution in [2.75, 3.05) is 18.0 Å². The largest absolute Gasteiger partial charge is 0.371 e. The lowest BCUT2D eigenvalue weighted by atomic mass is 9.97. The van der Waals surface area contributed by atoms with Gasteiger partial charge in [-0.3, -0.25) is 9.59 Å². The molecule has 8 heteroatoms. The normalized spacial score (nSPS) is 17.5. The monoisotopic (exact) mass is 345 g/mol. The first-order valence-corrected chi connectivity index (χ1v) is 8.55. The highest BCUT2D eigenvalue weighted by atomic mass is 32.1. The molecule has 0 bridgehead atoms. The SMILES string of the molecule is NC(=O)[C@@H]1CCCN(c2ccc(CNC(=O)c3cnsn3)cc2)C1. The predicted molar refractivity (Wildman–Crippen MR) is 91.7 cm³/mol. The van der Waals surface area contributed by atoms with Crippen molar-refractivity contribution < 1.29 is 9.59 Å². The highest BCUT2D eigenvalue weighted by molar-refractivity contribution is 6.99. The Labute approximate surface area is 144 Å². The zero-order chi connectivity index (χ0) is 16.9. The smallest absolute Gasteiger partial charge is 0.272 e. The van der Waals surface area contributed by atoms with Crippen LogP contribution in [0, 0.1) is 5.92 Å². The van der Waals surface area contributed by atoms with E-state index in [-0.39, 0.29) is 17.7 Å². The van der Waals surface area contributed by atoms with E-state index in [9.17, 15) is 9.59 Å². The van der Waals surface area contributed by atoms with E-state index in [1.54, 1.807) is 0 Å². The van der Waals surface area contributed by atoms with Gasteiger partial charge in [-0.1, -0.05) is 12.1 Å². The number of nitrogens with two attached hydrogens (primary N) is 1. The van der Waals surface area contributed by atoms with Crippen molar-refractivity contribution in [3.8, 4) is 0 Å². The van der Waals surface area contributed by atoms with E-state index in [1.807, 2.05) is 24.3 Å². The van der Waals surface area contributed by atoms with Crippen molar-refractivity contribution >= 4 is 29.2 Å². The first-order chi connectivity index (χ1) is 11.6. The van der Waals surface area contributed by atoms with Crippen LogP contribution in [0.2, 0.25) is 0 Å². The zero-order valence-corrected chi connectivity index (χ0v) is 14.0. The molecule has 24 heavy (non-hydrogen) atoms. The fourth-order valence-electron chi connectivity index (χ4n) is 2.81. The molecule has 0 unspecified atom stereocenters. The first-order valence-electron chi connectivity index (χ1n) is 7.82. The summed E-state index contributed by atoms with van der Waals surface area (Å²) in [5.41, 5.74) is 7.83. The van der Waals surface area contributed by atoms with Crippen molar-refractivity contribution in [2.24, 2.45) is 11.7 Å². The highest BCUT2D eigenvalue weighted by Gasteiger charge is 2.24. The van der Waals surface area contributed by atoms with Crippen molar-refractivity contribution in [2.45, 2.75) is 19.4 Å². The molecular formula is C16H19N5O2S. The second kappa shape index (κ2) is 7.39.